The Hall–Kier alpha value is 0.870. The molecule has 0 spiro atoms. The molecule has 0 aliphatic rings. The molecule has 0 rings (SSSR count). The zero-order valence-corrected chi connectivity index (χ0v) is 22.5. The first kappa shape index (κ1) is 32.1. The van der Waals surface area contributed by atoms with E-state index in [0.29, 0.717) is 25.7 Å². The monoisotopic (exact) mass is 442 g/mol. The van der Waals surface area contributed by atoms with Crippen molar-refractivity contribution in [2.75, 3.05) is 0 Å². The third-order valence-electron chi connectivity index (χ3n) is 5.74. The normalized spacial score (nSPS) is 13.8. The van der Waals surface area contributed by atoms with E-state index in [1.807, 2.05) is 6.92 Å². The van der Waals surface area contributed by atoms with Crippen LogP contribution in [0.1, 0.15) is 136 Å². The molecule has 0 bridgehead atoms. The van der Waals surface area contributed by atoms with Crippen LogP contribution >= 0.6 is 0 Å². The fourth-order valence-electron chi connectivity index (χ4n) is 3.81. The summed E-state index contributed by atoms with van der Waals surface area (Å²) in [5, 5.41) is 9.30. The van der Waals surface area contributed by atoms with Crippen molar-refractivity contribution in [3.05, 3.63) is 0 Å². The van der Waals surface area contributed by atoms with Crippen LogP contribution in [0, 0.1) is 0 Å². The maximum Gasteiger partial charge on any atom is 1.00 e. The topological polar surface area (TPSA) is 77.4 Å². The molecule has 0 aromatic carbocycles. The van der Waals surface area contributed by atoms with Crippen molar-refractivity contribution < 1.29 is 47.6 Å². The van der Waals surface area contributed by atoms with Gasteiger partial charge in [-0.1, -0.05) is 104 Å². The summed E-state index contributed by atoms with van der Waals surface area (Å²) >= 11 is 0. The second kappa shape index (κ2) is 22.1. The molecule has 0 aromatic rings. The van der Waals surface area contributed by atoms with Gasteiger partial charge in [0.15, 0.2) is 0 Å². The number of unbranched alkanes of at least 4 members (excludes halogenated alkanes) is 12. The van der Waals surface area contributed by atoms with E-state index in [9.17, 15) is 18.1 Å². The first-order chi connectivity index (χ1) is 13.4. The van der Waals surface area contributed by atoms with Gasteiger partial charge in [0.1, 0.15) is 0 Å². The Morgan fingerprint density at radius 2 is 1.00 bits per heavy atom. The summed E-state index contributed by atoms with van der Waals surface area (Å²) in [5.74, 6) is 0. The van der Waals surface area contributed by atoms with Crippen molar-refractivity contribution in [2.24, 2.45) is 0 Å². The van der Waals surface area contributed by atoms with Crippen molar-refractivity contribution in [1.82, 2.24) is 0 Å². The molecule has 2 unspecified atom stereocenters. The van der Waals surface area contributed by atoms with E-state index in [2.05, 4.69) is 6.92 Å². The third-order valence-corrected chi connectivity index (χ3v) is 7.03. The molecule has 0 saturated carbocycles. The molecule has 0 saturated heterocycles. The van der Waals surface area contributed by atoms with Crippen molar-refractivity contribution in [3.63, 3.8) is 0 Å². The van der Waals surface area contributed by atoms with Gasteiger partial charge in [-0.3, -0.25) is 0 Å². The summed E-state index contributed by atoms with van der Waals surface area (Å²) < 4.78 is 33.9. The molecular formula is C23H47NaO4S. The van der Waals surface area contributed by atoms with Crippen molar-refractivity contribution in [2.45, 2.75) is 147 Å². The van der Waals surface area contributed by atoms with E-state index in [1.54, 1.807) is 0 Å². The molecule has 0 heterocycles. The Balaban J connectivity index is 0. The molecule has 0 radical (unpaired) electrons. The number of hydrogen-bond acceptors (Lipinski definition) is 4. The van der Waals surface area contributed by atoms with Crippen LogP contribution in [0.5, 0.6) is 0 Å². The van der Waals surface area contributed by atoms with Crippen LogP contribution < -0.4 is 29.6 Å². The van der Waals surface area contributed by atoms with E-state index in [4.69, 9.17) is 0 Å². The molecule has 1 N–H and O–H groups in total. The summed E-state index contributed by atoms with van der Waals surface area (Å²) in [6, 6.07) is 0. The quantitative estimate of drug-likeness (QED) is 0.167. The number of rotatable bonds is 21. The fourth-order valence-corrected chi connectivity index (χ4v) is 4.72. The average molecular weight is 443 g/mol. The maximum atomic E-state index is 11.3. The number of aliphatic hydroxyl groups excluding tert-OH is 1. The zero-order chi connectivity index (χ0) is 21.1. The predicted molar refractivity (Wildman–Crippen MR) is 119 cm³/mol. The van der Waals surface area contributed by atoms with Crippen LogP contribution in [-0.2, 0) is 10.1 Å². The minimum atomic E-state index is -4.21. The second-order valence-corrected chi connectivity index (χ2v) is 10.2. The van der Waals surface area contributed by atoms with Crippen LogP contribution in [0.4, 0.5) is 0 Å². The molecule has 6 heteroatoms. The fraction of sp³-hybridized carbons (Fsp3) is 1.00. The third kappa shape index (κ3) is 21.9. The van der Waals surface area contributed by atoms with Crippen molar-refractivity contribution in [1.29, 1.82) is 0 Å². The van der Waals surface area contributed by atoms with E-state index in [1.165, 1.54) is 70.6 Å². The minimum absolute atomic E-state index is 0. The maximum absolute atomic E-state index is 11.3. The van der Waals surface area contributed by atoms with Gasteiger partial charge in [0.2, 0.25) is 0 Å². The van der Waals surface area contributed by atoms with Gasteiger partial charge in [-0.2, -0.15) is 0 Å². The van der Waals surface area contributed by atoms with Crippen LogP contribution in [-0.4, -0.2) is 29.4 Å². The van der Waals surface area contributed by atoms with Gasteiger partial charge < -0.3 is 9.66 Å². The van der Waals surface area contributed by atoms with Gasteiger partial charge in [0.25, 0.3) is 0 Å². The smallest absolute Gasteiger partial charge is 0.748 e. The zero-order valence-electron chi connectivity index (χ0n) is 19.7. The molecule has 0 aliphatic carbocycles. The summed E-state index contributed by atoms with van der Waals surface area (Å²) in [6.07, 6.45) is 19.9. The van der Waals surface area contributed by atoms with Gasteiger partial charge in [-0.25, -0.2) is 8.42 Å². The predicted octanol–water partition coefficient (Wildman–Crippen LogP) is 3.72. The van der Waals surface area contributed by atoms with Crippen LogP contribution in [0.3, 0.4) is 0 Å². The summed E-state index contributed by atoms with van der Waals surface area (Å²) in [4.78, 5) is 0. The minimum Gasteiger partial charge on any atom is -0.748 e. The second-order valence-electron chi connectivity index (χ2n) is 8.52. The van der Waals surface area contributed by atoms with Gasteiger partial charge in [-0.15, -0.1) is 0 Å². The summed E-state index contributed by atoms with van der Waals surface area (Å²) in [7, 11) is -4.21. The Bertz CT molecular complexity index is 429. The molecule has 0 amide bonds. The van der Waals surface area contributed by atoms with E-state index < -0.39 is 15.4 Å². The molecular weight excluding hydrogens is 395 g/mol. The van der Waals surface area contributed by atoms with E-state index in [-0.39, 0.29) is 35.7 Å². The van der Waals surface area contributed by atoms with Crippen molar-refractivity contribution >= 4 is 10.1 Å². The van der Waals surface area contributed by atoms with Gasteiger partial charge >= 0.3 is 29.6 Å². The Kier molecular flexibility index (Phi) is 24.4. The Labute approximate surface area is 204 Å². The molecule has 0 aromatic heterocycles. The standard InChI is InChI=1S/C23H48O4S.Na/c1-3-5-7-8-9-10-11-12-13-14-15-16-18-22(24)19-17-21-23(20-6-4-2)28(25,26)27;/h22-24H,3-21H2,1-2H3,(H,25,26,27);/q;+1/p-1. The van der Waals surface area contributed by atoms with Crippen molar-refractivity contribution in [3.8, 4) is 0 Å². The van der Waals surface area contributed by atoms with Gasteiger partial charge in [-0.05, 0) is 32.1 Å². The van der Waals surface area contributed by atoms with Gasteiger partial charge in [0.05, 0.1) is 16.2 Å². The number of aliphatic hydroxyl groups is 1. The molecule has 4 nitrogen and oxygen atoms in total. The Morgan fingerprint density at radius 1 is 0.621 bits per heavy atom. The molecule has 170 valence electrons. The van der Waals surface area contributed by atoms with E-state index >= 15 is 0 Å². The first-order valence-corrected chi connectivity index (χ1v) is 13.5. The number of hydrogen-bond donors (Lipinski definition) is 1. The molecule has 2 atom stereocenters. The van der Waals surface area contributed by atoms with Gasteiger partial charge in [0, 0.05) is 5.25 Å². The Morgan fingerprint density at radius 3 is 1.45 bits per heavy atom. The molecule has 0 aliphatic heterocycles. The SMILES string of the molecule is CCCCCCCCCCCCCCC(O)CCCC(CCCC)S(=O)(=O)[O-].[Na+]. The summed E-state index contributed by atoms with van der Waals surface area (Å²) in [5.41, 5.74) is 0. The molecule has 29 heavy (non-hydrogen) atoms. The van der Waals surface area contributed by atoms with Crippen LogP contribution in [0.25, 0.3) is 0 Å². The van der Waals surface area contributed by atoms with Crippen LogP contribution in [0.2, 0.25) is 0 Å². The molecule has 0 fully saturated rings. The summed E-state index contributed by atoms with van der Waals surface area (Å²) in [6.45, 7) is 4.25. The average Bonchev–Trinajstić information content (AvgIpc) is 2.64. The van der Waals surface area contributed by atoms with Crippen LogP contribution in [0.15, 0.2) is 0 Å². The largest absolute Gasteiger partial charge is 1.00 e. The first-order valence-electron chi connectivity index (χ1n) is 12.0. The van der Waals surface area contributed by atoms with E-state index in [0.717, 1.165) is 25.7 Å².